The van der Waals surface area contributed by atoms with Crippen LogP contribution in [-0.2, 0) is 23.9 Å². The molecule has 0 aromatic rings. The van der Waals surface area contributed by atoms with E-state index in [0.717, 1.165) is 56.1 Å². The quantitative estimate of drug-likeness (QED) is 0.188. The summed E-state index contributed by atoms with van der Waals surface area (Å²) in [6.45, 7) is 19.1. The molecule has 0 aromatic heterocycles. The summed E-state index contributed by atoms with van der Waals surface area (Å²) in [6, 6.07) is 0. The molecule has 0 saturated heterocycles. The molecule has 0 bridgehead atoms. The fraction of sp³-hybridized carbons (Fsp3) is 0.875. The van der Waals surface area contributed by atoms with Gasteiger partial charge in [0.15, 0.2) is 5.78 Å². The van der Waals surface area contributed by atoms with Gasteiger partial charge < -0.3 is 29.3 Å². The van der Waals surface area contributed by atoms with Gasteiger partial charge in [-0.25, -0.2) is 0 Å². The van der Waals surface area contributed by atoms with E-state index in [2.05, 4.69) is 48.5 Å². The second kappa shape index (κ2) is 13.6. The minimum atomic E-state index is -0.949. The minimum Gasteiger partial charge on any atom is -0.462 e. The zero-order valence-corrected chi connectivity index (χ0v) is 31.7. The molecule has 0 radical (unpaired) electrons. The summed E-state index contributed by atoms with van der Waals surface area (Å²) in [7, 11) is 0. The number of rotatable bonds is 12. The summed E-state index contributed by atoms with van der Waals surface area (Å²) >= 11 is 0. The minimum absolute atomic E-state index is 0.0126. The highest BCUT2D eigenvalue weighted by molar-refractivity contribution is 6.06. The van der Waals surface area contributed by atoms with Crippen molar-refractivity contribution in [2.45, 2.75) is 119 Å². The van der Waals surface area contributed by atoms with Crippen LogP contribution >= 0.6 is 0 Å². The molecule has 9 nitrogen and oxygen atoms in total. The van der Waals surface area contributed by atoms with E-state index in [4.69, 9.17) is 9.47 Å². The SMILES string of the molecule is CC(=O)OC1CCC2(C)C(CCC3(C)C2CCC2C4=C(C(C)C)C(=O)CC4(C(=O)OCC[N+](CCO)(CCO)CCO)CCC23C)C1(C)C. The number of hydrogen-bond donors (Lipinski definition) is 3. The molecule has 8 unspecified atom stereocenters. The van der Waals surface area contributed by atoms with Crippen molar-refractivity contribution in [2.75, 3.05) is 52.6 Å². The molecule has 4 saturated carbocycles. The molecular weight excluding hydrogens is 622 g/mol. The van der Waals surface area contributed by atoms with Crippen LogP contribution in [0.2, 0.25) is 0 Å². The summed E-state index contributed by atoms with van der Waals surface area (Å²) in [5, 5.41) is 29.2. The number of carbonyl (C=O) groups excluding carboxylic acids is 3. The van der Waals surface area contributed by atoms with Gasteiger partial charge >= 0.3 is 11.9 Å². The number of hydrogen-bond acceptors (Lipinski definition) is 8. The van der Waals surface area contributed by atoms with Crippen molar-refractivity contribution >= 4 is 17.7 Å². The van der Waals surface area contributed by atoms with Crippen LogP contribution in [0.25, 0.3) is 0 Å². The van der Waals surface area contributed by atoms with E-state index in [1.807, 2.05) is 0 Å². The largest absolute Gasteiger partial charge is 0.462 e. The average molecular weight is 689 g/mol. The van der Waals surface area contributed by atoms with E-state index in [0.29, 0.717) is 44.4 Å². The second-order valence-corrected chi connectivity index (χ2v) is 18.3. The zero-order chi connectivity index (χ0) is 36.2. The Hall–Kier alpha value is -1.81. The number of ether oxygens (including phenoxy) is 2. The van der Waals surface area contributed by atoms with Crippen molar-refractivity contribution in [3.8, 4) is 0 Å². The lowest BCUT2D eigenvalue weighted by Crippen LogP contribution is -2.66. The number of aliphatic hydroxyl groups excluding tert-OH is 3. The van der Waals surface area contributed by atoms with Crippen LogP contribution < -0.4 is 0 Å². The Morgan fingerprint density at radius 3 is 2.02 bits per heavy atom. The molecule has 5 aliphatic carbocycles. The third-order valence-corrected chi connectivity index (χ3v) is 15.6. The second-order valence-electron chi connectivity index (χ2n) is 18.3. The Balaban J connectivity index is 1.46. The number of nitrogens with zero attached hydrogens (tertiary/aromatic N) is 1. The van der Waals surface area contributed by atoms with E-state index >= 15 is 0 Å². The lowest BCUT2D eigenvalue weighted by molar-refractivity contribution is -0.929. The predicted octanol–water partition coefficient (Wildman–Crippen LogP) is 5.24. The van der Waals surface area contributed by atoms with Crippen LogP contribution in [0.5, 0.6) is 0 Å². The van der Waals surface area contributed by atoms with Gasteiger partial charge in [-0.15, -0.1) is 0 Å². The number of ketones is 1. The number of quaternary nitrogens is 1. The van der Waals surface area contributed by atoms with Gasteiger partial charge in [-0.2, -0.15) is 0 Å². The van der Waals surface area contributed by atoms with Crippen molar-refractivity contribution in [1.29, 1.82) is 0 Å². The first-order valence-corrected chi connectivity index (χ1v) is 19.2. The fourth-order valence-corrected chi connectivity index (χ4v) is 13.0. The standard InChI is InChI=1S/C40H66NO8/c1-26(2)33-29(46)25-40(35(47)48-24-20-41(17-21-42,18-22-43)19-23-44)16-15-38(7)28(34(33)40)9-10-31-37(6)13-12-32(49-27(3)45)36(4,5)30(37)11-14-39(31,38)8/h26,28,30-32,42-44H,9-25H2,1-8H3/q+1. The van der Waals surface area contributed by atoms with Crippen molar-refractivity contribution in [2.24, 2.45) is 50.7 Å². The van der Waals surface area contributed by atoms with Gasteiger partial charge in [0.1, 0.15) is 38.9 Å². The summed E-state index contributed by atoms with van der Waals surface area (Å²) in [6.07, 6.45) is 7.65. The lowest BCUT2D eigenvalue weighted by Gasteiger charge is -2.72. The Labute approximate surface area is 294 Å². The van der Waals surface area contributed by atoms with Crippen LogP contribution in [-0.4, -0.2) is 96.2 Å². The summed E-state index contributed by atoms with van der Waals surface area (Å²) in [5.74, 6) is 0.658. The summed E-state index contributed by atoms with van der Waals surface area (Å²) in [4.78, 5) is 40.4. The highest BCUT2D eigenvalue weighted by Gasteiger charge is 2.71. The van der Waals surface area contributed by atoms with Gasteiger partial charge in [0.05, 0.1) is 25.2 Å². The van der Waals surface area contributed by atoms with Crippen LogP contribution in [0, 0.1) is 50.7 Å². The molecule has 0 aliphatic heterocycles. The van der Waals surface area contributed by atoms with E-state index in [-0.39, 0.29) is 94.7 Å². The van der Waals surface area contributed by atoms with E-state index in [1.165, 1.54) is 6.92 Å². The molecule has 5 rings (SSSR count). The van der Waals surface area contributed by atoms with Crippen molar-refractivity contribution in [3.05, 3.63) is 11.1 Å². The number of esters is 2. The number of fused-ring (bicyclic) bond motifs is 7. The van der Waals surface area contributed by atoms with E-state index in [9.17, 15) is 29.7 Å². The van der Waals surface area contributed by atoms with Gasteiger partial charge in [0.2, 0.25) is 0 Å². The number of aliphatic hydroxyl groups is 3. The van der Waals surface area contributed by atoms with Crippen molar-refractivity contribution < 1.29 is 43.7 Å². The Morgan fingerprint density at radius 1 is 0.816 bits per heavy atom. The van der Waals surface area contributed by atoms with Crippen molar-refractivity contribution in [1.82, 2.24) is 0 Å². The maximum Gasteiger partial charge on any atom is 0.316 e. The first-order chi connectivity index (χ1) is 22.9. The van der Waals surface area contributed by atoms with Crippen LogP contribution in [0.4, 0.5) is 0 Å². The third-order valence-electron chi connectivity index (χ3n) is 15.6. The van der Waals surface area contributed by atoms with E-state index < -0.39 is 5.41 Å². The summed E-state index contributed by atoms with van der Waals surface area (Å²) in [5.41, 5.74) is 0.908. The van der Waals surface area contributed by atoms with Gasteiger partial charge in [-0.3, -0.25) is 14.4 Å². The molecule has 9 heteroatoms. The molecule has 49 heavy (non-hydrogen) atoms. The van der Waals surface area contributed by atoms with Crippen molar-refractivity contribution in [3.63, 3.8) is 0 Å². The highest BCUT2D eigenvalue weighted by Crippen LogP contribution is 2.76. The zero-order valence-electron chi connectivity index (χ0n) is 31.7. The average Bonchev–Trinajstić information content (AvgIpc) is 3.32. The molecular formula is C40H66NO8+. The third kappa shape index (κ3) is 5.94. The van der Waals surface area contributed by atoms with Gasteiger partial charge in [0, 0.05) is 18.8 Å². The number of Topliss-reactive ketones (excluding diaryl/α,β-unsaturated/α-hetero) is 1. The molecule has 5 aliphatic rings. The van der Waals surface area contributed by atoms with Crippen LogP contribution in [0.15, 0.2) is 11.1 Å². The molecule has 0 heterocycles. The maximum absolute atomic E-state index is 14.4. The molecule has 278 valence electrons. The number of allylic oxidation sites excluding steroid dienone is 1. The Bertz CT molecular complexity index is 1310. The summed E-state index contributed by atoms with van der Waals surface area (Å²) < 4.78 is 12.3. The molecule has 3 N–H and O–H groups in total. The van der Waals surface area contributed by atoms with Gasteiger partial charge in [-0.1, -0.05) is 48.5 Å². The first-order valence-electron chi connectivity index (χ1n) is 19.2. The number of carbonyl (C=O) groups is 3. The smallest absolute Gasteiger partial charge is 0.316 e. The topological polar surface area (TPSA) is 130 Å². The first kappa shape index (κ1) is 38.4. The Morgan fingerprint density at radius 2 is 1.45 bits per heavy atom. The molecule has 8 atom stereocenters. The fourth-order valence-electron chi connectivity index (χ4n) is 13.0. The molecule has 0 aromatic carbocycles. The molecule has 0 spiro atoms. The monoisotopic (exact) mass is 688 g/mol. The normalized spacial score (nSPS) is 38.4. The lowest BCUT2D eigenvalue weighted by atomic mass is 9.33. The molecule has 4 fully saturated rings. The molecule has 0 amide bonds. The van der Waals surface area contributed by atoms with Crippen LogP contribution in [0.1, 0.15) is 113 Å². The van der Waals surface area contributed by atoms with E-state index in [1.54, 1.807) is 0 Å². The Kier molecular flexibility index (Phi) is 10.7. The van der Waals surface area contributed by atoms with Gasteiger partial charge in [0.25, 0.3) is 0 Å². The highest BCUT2D eigenvalue weighted by atomic mass is 16.5. The maximum atomic E-state index is 14.4. The van der Waals surface area contributed by atoms with Crippen LogP contribution in [0.3, 0.4) is 0 Å². The van der Waals surface area contributed by atoms with Gasteiger partial charge in [-0.05, 0) is 102 Å². The predicted molar refractivity (Wildman–Crippen MR) is 187 cm³/mol.